The van der Waals surface area contributed by atoms with Gasteiger partial charge in [-0.05, 0) is 61.0 Å². The number of carbonyl (C=O) groups excluding carboxylic acids is 1. The predicted octanol–water partition coefficient (Wildman–Crippen LogP) is 5.73. The van der Waals surface area contributed by atoms with Gasteiger partial charge in [0.1, 0.15) is 5.75 Å². The van der Waals surface area contributed by atoms with Crippen molar-refractivity contribution in [3.05, 3.63) is 65.2 Å². The molecule has 168 valence electrons. The molecule has 31 heavy (non-hydrogen) atoms. The standard InChI is InChI=1S/C27H38N2O2/c1-5-19-31-25-12-8-7-11-23(25)26(30)28-20-24(29-17-9-6-10-18-29)21-13-15-22(16-14-21)27(2,3)4/h7-8,11-16,24H,5-6,9-10,17-20H2,1-4H3,(H,28,30)/t24-/m0/s1. The maximum atomic E-state index is 13.0. The van der Waals surface area contributed by atoms with Crippen LogP contribution in [0.25, 0.3) is 0 Å². The van der Waals surface area contributed by atoms with Crippen LogP contribution in [0.2, 0.25) is 0 Å². The van der Waals surface area contributed by atoms with Crippen molar-refractivity contribution in [2.45, 2.75) is 64.8 Å². The van der Waals surface area contributed by atoms with E-state index in [1.807, 2.05) is 24.3 Å². The molecule has 4 heteroatoms. The number of ether oxygens (including phenoxy) is 1. The van der Waals surface area contributed by atoms with Gasteiger partial charge < -0.3 is 10.1 Å². The van der Waals surface area contributed by atoms with E-state index in [1.165, 1.54) is 30.4 Å². The first kappa shape index (κ1) is 23.3. The van der Waals surface area contributed by atoms with Crippen molar-refractivity contribution < 1.29 is 9.53 Å². The third-order valence-corrected chi connectivity index (χ3v) is 6.04. The summed E-state index contributed by atoms with van der Waals surface area (Å²) in [6, 6.07) is 16.7. The second kappa shape index (κ2) is 10.8. The van der Waals surface area contributed by atoms with Crippen molar-refractivity contribution in [1.29, 1.82) is 0 Å². The van der Waals surface area contributed by atoms with E-state index >= 15 is 0 Å². The minimum atomic E-state index is -0.0694. The maximum absolute atomic E-state index is 13.0. The molecule has 0 radical (unpaired) electrons. The van der Waals surface area contributed by atoms with Gasteiger partial charge in [0, 0.05) is 6.54 Å². The second-order valence-corrected chi connectivity index (χ2v) is 9.54. The molecule has 4 nitrogen and oxygen atoms in total. The summed E-state index contributed by atoms with van der Waals surface area (Å²) in [6.07, 6.45) is 4.65. The number of nitrogens with one attached hydrogen (secondary N) is 1. The van der Waals surface area contributed by atoms with Crippen molar-refractivity contribution in [3.8, 4) is 5.75 Å². The zero-order chi connectivity index (χ0) is 22.3. The van der Waals surface area contributed by atoms with Crippen LogP contribution in [0, 0.1) is 0 Å². The third-order valence-electron chi connectivity index (χ3n) is 6.04. The molecule has 2 aromatic rings. The van der Waals surface area contributed by atoms with Crippen molar-refractivity contribution in [3.63, 3.8) is 0 Å². The Morgan fingerprint density at radius 1 is 1.03 bits per heavy atom. The van der Waals surface area contributed by atoms with Gasteiger partial charge in [0.05, 0.1) is 18.2 Å². The molecule has 2 aromatic carbocycles. The summed E-state index contributed by atoms with van der Waals surface area (Å²) in [5, 5.41) is 3.20. The van der Waals surface area contributed by atoms with Crippen LogP contribution in [-0.4, -0.2) is 37.0 Å². The molecular formula is C27H38N2O2. The Morgan fingerprint density at radius 3 is 2.35 bits per heavy atom. The predicted molar refractivity (Wildman–Crippen MR) is 128 cm³/mol. The highest BCUT2D eigenvalue weighted by atomic mass is 16.5. The van der Waals surface area contributed by atoms with Gasteiger partial charge in [-0.2, -0.15) is 0 Å². The Hall–Kier alpha value is -2.33. The lowest BCUT2D eigenvalue weighted by molar-refractivity contribution is 0.0920. The fourth-order valence-electron chi connectivity index (χ4n) is 4.17. The summed E-state index contributed by atoms with van der Waals surface area (Å²) >= 11 is 0. The number of piperidine rings is 1. The minimum absolute atomic E-state index is 0.0694. The third kappa shape index (κ3) is 6.33. The first-order valence-electron chi connectivity index (χ1n) is 11.7. The molecule has 0 unspecified atom stereocenters. The van der Waals surface area contributed by atoms with Crippen molar-refractivity contribution in [2.75, 3.05) is 26.2 Å². The molecule has 1 aliphatic heterocycles. The molecule has 1 heterocycles. The number of hydrogen-bond donors (Lipinski definition) is 1. The monoisotopic (exact) mass is 422 g/mol. The van der Waals surface area contributed by atoms with E-state index < -0.39 is 0 Å². The Bertz CT molecular complexity index is 833. The molecule has 0 saturated carbocycles. The Labute approximate surface area is 188 Å². The van der Waals surface area contributed by atoms with Gasteiger partial charge in [-0.3, -0.25) is 9.69 Å². The van der Waals surface area contributed by atoms with Gasteiger partial charge in [0.2, 0.25) is 0 Å². The molecule has 0 aromatic heterocycles. The van der Waals surface area contributed by atoms with Gasteiger partial charge in [0.15, 0.2) is 0 Å². The molecule has 1 N–H and O–H groups in total. The lowest BCUT2D eigenvalue weighted by Crippen LogP contribution is -2.40. The quantitative estimate of drug-likeness (QED) is 0.591. The average molecular weight is 423 g/mol. The zero-order valence-electron chi connectivity index (χ0n) is 19.6. The molecule has 1 amide bonds. The van der Waals surface area contributed by atoms with Crippen molar-refractivity contribution in [2.24, 2.45) is 0 Å². The van der Waals surface area contributed by atoms with E-state index in [1.54, 1.807) is 0 Å². The van der Waals surface area contributed by atoms with E-state index in [-0.39, 0.29) is 17.4 Å². The smallest absolute Gasteiger partial charge is 0.255 e. The average Bonchev–Trinajstić information content (AvgIpc) is 2.78. The van der Waals surface area contributed by atoms with Crippen LogP contribution >= 0.6 is 0 Å². The normalized spacial score (nSPS) is 16.0. The molecule has 1 fully saturated rings. The molecule has 0 spiro atoms. The summed E-state index contributed by atoms with van der Waals surface area (Å²) in [5.74, 6) is 0.589. The number of amides is 1. The summed E-state index contributed by atoms with van der Waals surface area (Å²) in [7, 11) is 0. The maximum Gasteiger partial charge on any atom is 0.255 e. The van der Waals surface area contributed by atoms with Crippen molar-refractivity contribution >= 4 is 5.91 Å². The van der Waals surface area contributed by atoms with Gasteiger partial charge >= 0.3 is 0 Å². The number of carbonyl (C=O) groups is 1. The Kier molecular flexibility index (Phi) is 8.14. The lowest BCUT2D eigenvalue weighted by atomic mass is 9.86. The summed E-state index contributed by atoms with van der Waals surface area (Å²) < 4.78 is 5.79. The first-order valence-corrected chi connectivity index (χ1v) is 11.7. The van der Waals surface area contributed by atoms with Crippen LogP contribution in [0.15, 0.2) is 48.5 Å². The molecule has 3 rings (SSSR count). The van der Waals surface area contributed by atoms with Crippen LogP contribution in [0.5, 0.6) is 5.75 Å². The molecule has 1 atom stereocenters. The number of hydrogen-bond acceptors (Lipinski definition) is 3. The lowest BCUT2D eigenvalue weighted by Gasteiger charge is -2.35. The van der Waals surface area contributed by atoms with Crippen LogP contribution in [0.4, 0.5) is 0 Å². The highest BCUT2D eigenvalue weighted by Gasteiger charge is 2.24. The minimum Gasteiger partial charge on any atom is -0.493 e. The summed E-state index contributed by atoms with van der Waals surface area (Å²) in [4.78, 5) is 15.5. The topological polar surface area (TPSA) is 41.6 Å². The number of benzene rings is 2. The Balaban J connectivity index is 1.76. The fourth-order valence-corrected chi connectivity index (χ4v) is 4.17. The van der Waals surface area contributed by atoms with E-state index in [0.717, 1.165) is 19.5 Å². The van der Waals surface area contributed by atoms with Gasteiger partial charge in [-0.1, -0.05) is 70.5 Å². The first-order chi connectivity index (χ1) is 14.9. The molecule has 0 aliphatic carbocycles. The van der Waals surface area contributed by atoms with Crippen LogP contribution < -0.4 is 10.1 Å². The van der Waals surface area contributed by atoms with Crippen LogP contribution in [0.1, 0.15) is 80.9 Å². The van der Waals surface area contributed by atoms with E-state index in [4.69, 9.17) is 4.74 Å². The number of rotatable bonds is 8. The summed E-state index contributed by atoms with van der Waals surface area (Å²) in [5.41, 5.74) is 3.34. The Morgan fingerprint density at radius 2 is 1.71 bits per heavy atom. The van der Waals surface area contributed by atoms with E-state index in [9.17, 15) is 4.79 Å². The summed E-state index contributed by atoms with van der Waals surface area (Å²) in [6.45, 7) is 12.1. The van der Waals surface area contributed by atoms with E-state index in [0.29, 0.717) is 24.5 Å². The highest BCUT2D eigenvalue weighted by Crippen LogP contribution is 2.28. The number of likely N-dealkylation sites (tertiary alicyclic amines) is 1. The van der Waals surface area contributed by atoms with Gasteiger partial charge in [-0.15, -0.1) is 0 Å². The fraction of sp³-hybridized carbons (Fsp3) is 0.519. The van der Waals surface area contributed by atoms with E-state index in [2.05, 4.69) is 62.2 Å². The number of para-hydroxylation sites is 1. The molecule has 1 aliphatic rings. The number of nitrogens with zero attached hydrogens (tertiary/aromatic N) is 1. The second-order valence-electron chi connectivity index (χ2n) is 9.54. The van der Waals surface area contributed by atoms with Gasteiger partial charge in [-0.25, -0.2) is 0 Å². The SMILES string of the molecule is CCCOc1ccccc1C(=O)NC[C@@H](c1ccc(C(C)(C)C)cc1)N1CCCCC1. The molecular weight excluding hydrogens is 384 g/mol. The van der Waals surface area contributed by atoms with Gasteiger partial charge in [0.25, 0.3) is 5.91 Å². The highest BCUT2D eigenvalue weighted by molar-refractivity contribution is 5.96. The van der Waals surface area contributed by atoms with Crippen LogP contribution in [0.3, 0.4) is 0 Å². The largest absolute Gasteiger partial charge is 0.493 e. The van der Waals surface area contributed by atoms with Crippen molar-refractivity contribution in [1.82, 2.24) is 10.2 Å². The molecule has 1 saturated heterocycles. The van der Waals surface area contributed by atoms with Crippen LogP contribution in [-0.2, 0) is 5.41 Å². The molecule has 0 bridgehead atoms. The zero-order valence-corrected chi connectivity index (χ0v) is 19.6.